The highest BCUT2D eigenvalue weighted by molar-refractivity contribution is 6.27. The van der Waals surface area contributed by atoms with Gasteiger partial charge in [-0.1, -0.05) is 0 Å². The molecule has 30 heteroatoms. The van der Waals surface area contributed by atoms with Gasteiger partial charge in [0.05, 0.1) is 27.5 Å². The number of hydrogen-bond acceptors (Lipinski definition) is 30. The van der Waals surface area contributed by atoms with Crippen molar-refractivity contribution in [2.75, 3.05) is 6.61 Å². The number of esters is 4. The molecule has 0 amide bonds. The molecule has 2 aromatic heterocycles. The first kappa shape index (κ1) is 50.6. The van der Waals surface area contributed by atoms with Crippen LogP contribution in [0.3, 0.4) is 0 Å². The zero-order valence-electron chi connectivity index (χ0n) is 38.4. The van der Waals surface area contributed by atoms with Crippen molar-refractivity contribution in [1.29, 1.82) is 0 Å². The molecule has 5 heterocycles. The number of phenols is 13. The van der Waals surface area contributed by atoms with Crippen LogP contribution in [0.4, 0.5) is 0 Å². The molecule has 6 bridgehead atoms. The average molecular weight is 1090 g/mol. The van der Waals surface area contributed by atoms with E-state index in [4.69, 9.17) is 32.5 Å². The summed E-state index contributed by atoms with van der Waals surface area (Å²) in [5.74, 6) is -34.6. The zero-order chi connectivity index (χ0) is 56.7. The fraction of sp³-hybridized carbons (Fsp3) is 0.167. The third kappa shape index (κ3) is 6.96. The van der Waals surface area contributed by atoms with Gasteiger partial charge in [-0.25, -0.2) is 24.0 Å². The Morgan fingerprint density at radius 3 is 1.40 bits per heavy atom. The van der Waals surface area contributed by atoms with Gasteiger partial charge in [-0.15, -0.1) is 0 Å². The summed E-state index contributed by atoms with van der Waals surface area (Å²) in [5.41, 5.74) is -15.7. The van der Waals surface area contributed by atoms with Crippen molar-refractivity contribution in [2.24, 2.45) is 0 Å². The minimum absolute atomic E-state index is 0.296. The molecule has 404 valence electrons. The summed E-state index contributed by atoms with van der Waals surface area (Å²) in [6.07, 6.45) is -12.3. The Morgan fingerprint density at radius 1 is 0.500 bits per heavy atom. The lowest BCUT2D eigenvalue weighted by molar-refractivity contribution is -0.285. The summed E-state index contributed by atoms with van der Waals surface area (Å²) in [7, 11) is 0. The van der Waals surface area contributed by atoms with Crippen molar-refractivity contribution < 1.29 is 139 Å². The van der Waals surface area contributed by atoms with Crippen LogP contribution in [0.25, 0.3) is 55.0 Å². The summed E-state index contributed by atoms with van der Waals surface area (Å²) < 4.78 is 38.4. The summed E-state index contributed by atoms with van der Waals surface area (Å²) in [5, 5.41) is 185. The van der Waals surface area contributed by atoms with E-state index < -0.39 is 248 Å². The van der Waals surface area contributed by atoms with Crippen LogP contribution in [-0.2, 0) is 28.5 Å². The van der Waals surface area contributed by atoms with Crippen LogP contribution in [0.5, 0.6) is 74.7 Å². The number of benzene rings is 5. The highest BCUT2D eigenvalue weighted by Gasteiger charge is 2.54. The van der Waals surface area contributed by atoms with E-state index in [1.807, 2.05) is 0 Å². The van der Waals surface area contributed by atoms with Crippen LogP contribution in [0.1, 0.15) is 49.5 Å². The number of rotatable bonds is 2. The van der Waals surface area contributed by atoms with Crippen LogP contribution in [0, 0.1) is 0 Å². The fourth-order valence-corrected chi connectivity index (χ4v) is 9.51. The molecule has 17 N–H and O–H groups in total. The minimum Gasteiger partial charge on any atom is -0.507 e. The monoisotopic (exact) mass is 1090 g/mol. The number of allylic oxidation sites excluding steroid dienone is 1. The summed E-state index contributed by atoms with van der Waals surface area (Å²) in [6.45, 7) is -0.438. The Balaban J connectivity index is 1.29. The maximum Gasteiger partial charge on any atom is 0.345 e. The molecule has 1 saturated heterocycles. The van der Waals surface area contributed by atoms with Gasteiger partial charge >= 0.3 is 35.1 Å². The van der Waals surface area contributed by atoms with Gasteiger partial charge in [-0.05, 0) is 31.2 Å². The number of carbonyl (C=O) groups is 4. The first-order chi connectivity index (χ1) is 36.7. The van der Waals surface area contributed by atoms with Gasteiger partial charge in [0.1, 0.15) is 18.6 Å². The molecule has 0 spiro atoms. The van der Waals surface area contributed by atoms with E-state index in [-0.39, 0.29) is 0 Å². The van der Waals surface area contributed by atoms with E-state index >= 15 is 0 Å². The Bertz CT molecular complexity index is 4090. The summed E-state index contributed by atoms with van der Waals surface area (Å²) >= 11 is 0. The normalized spacial score (nSPS) is 21.0. The second-order valence-electron chi connectivity index (χ2n) is 17.3. The molecule has 30 nitrogen and oxygen atoms in total. The molecule has 7 aromatic rings. The van der Waals surface area contributed by atoms with Crippen molar-refractivity contribution in [3.8, 4) is 97.0 Å². The largest absolute Gasteiger partial charge is 0.507 e. The molecular weight excluding hydrogens is 1060 g/mol. The molecule has 6 atom stereocenters. The van der Waals surface area contributed by atoms with Crippen molar-refractivity contribution in [2.45, 2.75) is 43.5 Å². The lowest BCUT2D eigenvalue weighted by Crippen LogP contribution is -2.62. The topological polar surface area (TPSA) is 519 Å². The number of cyclic esters (lactones) is 1. The van der Waals surface area contributed by atoms with Gasteiger partial charge < -0.3 is 119 Å². The Hall–Kier alpha value is -10.9. The van der Waals surface area contributed by atoms with E-state index in [0.29, 0.717) is 18.2 Å². The third-order valence-electron chi connectivity index (χ3n) is 13.1. The summed E-state index contributed by atoms with van der Waals surface area (Å²) in [4.78, 5) is 86.8. The van der Waals surface area contributed by atoms with Crippen LogP contribution >= 0.6 is 0 Å². The number of aliphatic hydroxyl groups is 4. The van der Waals surface area contributed by atoms with Crippen LogP contribution in [0.15, 0.2) is 60.0 Å². The molecule has 5 aromatic carbocycles. The van der Waals surface area contributed by atoms with Gasteiger partial charge in [-0.2, -0.15) is 0 Å². The number of carbonyl (C=O) groups excluding carboxylic acids is 4. The third-order valence-corrected chi connectivity index (χ3v) is 13.1. The van der Waals surface area contributed by atoms with Crippen LogP contribution in [-0.4, -0.2) is 148 Å². The molecule has 0 aliphatic carbocycles. The number of fused-ring (bicyclic) bond motifs is 8. The number of ether oxygens (including phenoxy) is 5. The van der Waals surface area contributed by atoms with Gasteiger partial charge in [-0.3, -0.25) is 4.79 Å². The maximum atomic E-state index is 14.9. The van der Waals surface area contributed by atoms with E-state index in [1.165, 1.54) is 0 Å². The predicted octanol–water partition coefficient (Wildman–Crippen LogP) is 2.43. The summed E-state index contributed by atoms with van der Waals surface area (Å²) in [6, 6.07) is 1.04. The Morgan fingerprint density at radius 2 is 0.910 bits per heavy atom. The molecule has 0 saturated carbocycles. The first-order valence-corrected chi connectivity index (χ1v) is 21.9. The van der Waals surface area contributed by atoms with Gasteiger partial charge in [0.15, 0.2) is 99.0 Å². The molecule has 10 rings (SSSR count). The molecular formula is C48H32O30. The zero-order valence-corrected chi connectivity index (χ0v) is 38.4. The first-order valence-electron chi connectivity index (χ1n) is 21.9. The van der Waals surface area contributed by atoms with Crippen molar-refractivity contribution in [3.63, 3.8) is 0 Å². The standard InChI is InChI=1S/C48H32O30/c1-2-10(49)25(53)34(62)24-19-23-21-20-22(46(69)75-39(21)36(64)33(19)61)18(32(60)35(63)38(20)76-47(23)70)17-9(5-13(52)28(56)31(17)59)42(65)74-37-14(6-72-45(24)68)73-48(71)41-40(37)77-43(66)7-3-11(50)26(54)29(57)15(7)16-8(44(67)78-41)4-12(51)27(55)30(16)58/h2-5,14,24,37,40-41,48-64,71H,6H2,1H3/b10-2+,34-25-. The van der Waals surface area contributed by atoms with Gasteiger partial charge in [0, 0.05) is 38.6 Å². The SMILES string of the molecule is C/C=C(O)\C(O)=C(\O)C1C(=O)OCC2OC(O)C3OC(=O)c4cc(O)c(O)c(O)c4-c4c(cc(O)c(O)c4O)C(=O)OC3C2OC(=O)c2cc(O)c(O)c(O)c2-c2c(O)c(O)c3oc(=O)c4c1c(O)c(O)c1oc(=O)c2c3c14. The van der Waals surface area contributed by atoms with Crippen molar-refractivity contribution in [1.82, 2.24) is 0 Å². The lowest BCUT2D eigenvalue weighted by atomic mass is 9.86. The highest BCUT2D eigenvalue weighted by Crippen LogP contribution is 2.57. The highest BCUT2D eigenvalue weighted by atomic mass is 16.7. The maximum absolute atomic E-state index is 14.9. The Labute approximate surface area is 426 Å². The second kappa shape index (κ2) is 17.4. The molecule has 6 unspecified atom stereocenters. The van der Waals surface area contributed by atoms with E-state index in [9.17, 15) is 116 Å². The van der Waals surface area contributed by atoms with Crippen LogP contribution in [0.2, 0.25) is 0 Å². The van der Waals surface area contributed by atoms with E-state index in [1.54, 1.807) is 0 Å². The number of hydrogen-bond donors (Lipinski definition) is 17. The number of aromatic hydroxyl groups is 13. The second-order valence-corrected chi connectivity index (χ2v) is 17.3. The molecule has 1 fully saturated rings. The van der Waals surface area contributed by atoms with Crippen LogP contribution < -0.4 is 11.3 Å². The average Bonchev–Trinajstić information content (AvgIpc) is 3.53. The molecule has 78 heavy (non-hydrogen) atoms. The lowest BCUT2D eigenvalue weighted by Gasteiger charge is -2.43. The molecule has 0 radical (unpaired) electrons. The van der Waals surface area contributed by atoms with E-state index in [2.05, 4.69) is 0 Å². The number of aliphatic hydroxyl groups excluding tert-OH is 4. The van der Waals surface area contributed by atoms with Crippen molar-refractivity contribution in [3.05, 3.63) is 84.6 Å². The minimum atomic E-state index is -2.92. The quantitative estimate of drug-likeness (QED) is 0.0225. The molecule has 3 aliphatic rings. The van der Waals surface area contributed by atoms with Gasteiger partial charge in [0.2, 0.25) is 28.7 Å². The predicted molar refractivity (Wildman–Crippen MR) is 247 cm³/mol. The Kier molecular flexibility index (Phi) is 11.3. The van der Waals surface area contributed by atoms with Crippen molar-refractivity contribution >= 4 is 56.6 Å². The van der Waals surface area contributed by atoms with Gasteiger partial charge in [0.25, 0.3) is 0 Å². The smallest absolute Gasteiger partial charge is 0.345 e. The molecule has 3 aliphatic heterocycles. The van der Waals surface area contributed by atoms with E-state index in [0.717, 1.165) is 13.0 Å². The fourth-order valence-electron chi connectivity index (χ4n) is 9.51. The number of phenolic OH excluding ortho intramolecular Hbond substituents is 13.